The second-order valence-electron chi connectivity index (χ2n) is 18.1. The SMILES string of the molecule is Cc1cc(C)c(B(c2ccc(-n3c4ccccc4c4cc(-c5ccc6c(c5)c5ccccc5n6-c5ccc6sc7ccccc7c6c5)ccc43)cc2)c2c(C)cc(C)cc2C)c(C)c1. The highest BCUT2D eigenvalue weighted by Gasteiger charge is 2.29. The van der Waals surface area contributed by atoms with Crippen molar-refractivity contribution in [3.63, 3.8) is 0 Å². The van der Waals surface area contributed by atoms with Gasteiger partial charge in [0, 0.05) is 53.1 Å². The minimum absolute atomic E-state index is 0.132. The van der Waals surface area contributed by atoms with E-state index in [2.05, 4.69) is 227 Å². The van der Waals surface area contributed by atoms with Crippen LogP contribution in [0.2, 0.25) is 0 Å². The molecule has 0 aliphatic heterocycles. The maximum Gasteiger partial charge on any atom is 0.242 e. The molecule has 0 N–H and O–H groups in total. The highest BCUT2D eigenvalue weighted by Crippen LogP contribution is 2.40. The van der Waals surface area contributed by atoms with Gasteiger partial charge in [-0.15, -0.1) is 11.3 Å². The van der Waals surface area contributed by atoms with Crippen LogP contribution in [0.25, 0.3) is 86.3 Å². The summed E-state index contributed by atoms with van der Waals surface area (Å²) in [4.78, 5) is 0. The van der Waals surface area contributed by atoms with Gasteiger partial charge in [-0.25, -0.2) is 0 Å². The van der Waals surface area contributed by atoms with E-state index in [0.29, 0.717) is 0 Å². The second-order valence-corrected chi connectivity index (χ2v) is 19.2. The van der Waals surface area contributed by atoms with Gasteiger partial charge < -0.3 is 9.13 Å². The van der Waals surface area contributed by atoms with Crippen LogP contribution in [-0.2, 0) is 0 Å². The molecule has 306 valence electrons. The Morgan fingerprint density at radius 3 is 1.33 bits per heavy atom. The van der Waals surface area contributed by atoms with Gasteiger partial charge >= 0.3 is 0 Å². The number of thiophene rings is 1. The van der Waals surface area contributed by atoms with Gasteiger partial charge in [0.25, 0.3) is 0 Å². The average Bonchev–Trinajstić information content (AvgIpc) is 3.95. The first-order valence-electron chi connectivity index (χ1n) is 22.4. The van der Waals surface area contributed by atoms with Gasteiger partial charge in [-0.2, -0.15) is 0 Å². The number of nitrogens with zero attached hydrogens (tertiary/aromatic N) is 2. The third-order valence-corrected chi connectivity index (χ3v) is 15.0. The highest BCUT2D eigenvalue weighted by atomic mass is 32.1. The number of hydrogen-bond acceptors (Lipinski definition) is 1. The van der Waals surface area contributed by atoms with Gasteiger partial charge in [-0.1, -0.05) is 153 Å². The predicted molar refractivity (Wildman–Crippen MR) is 279 cm³/mol. The molecule has 0 saturated heterocycles. The van der Waals surface area contributed by atoms with Crippen LogP contribution in [0.4, 0.5) is 0 Å². The summed E-state index contributed by atoms with van der Waals surface area (Å²) >= 11 is 1.87. The van der Waals surface area contributed by atoms with Crippen molar-refractivity contribution < 1.29 is 0 Å². The summed E-state index contributed by atoms with van der Waals surface area (Å²) in [5, 5.41) is 7.67. The first kappa shape index (κ1) is 38.5. The quantitative estimate of drug-likeness (QED) is 0.148. The topological polar surface area (TPSA) is 9.86 Å². The molecule has 4 heteroatoms. The molecule has 0 bridgehead atoms. The van der Waals surface area contributed by atoms with Crippen LogP contribution in [0, 0.1) is 41.5 Å². The van der Waals surface area contributed by atoms with Crippen molar-refractivity contribution in [1.82, 2.24) is 9.13 Å². The summed E-state index contributed by atoms with van der Waals surface area (Å²) in [6.45, 7) is 13.7. The predicted octanol–water partition coefficient (Wildman–Crippen LogP) is 14.3. The van der Waals surface area contributed by atoms with Gasteiger partial charge in [0.05, 0.1) is 22.1 Å². The normalized spacial score (nSPS) is 11.9. The van der Waals surface area contributed by atoms with E-state index >= 15 is 0 Å². The molecular formula is C60H47BN2S. The van der Waals surface area contributed by atoms with E-state index in [9.17, 15) is 0 Å². The fourth-order valence-electron chi connectivity index (χ4n) is 11.3. The molecule has 3 aromatic heterocycles. The Kier molecular flexibility index (Phi) is 8.87. The van der Waals surface area contributed by atoms with Crippen molar-refractivity contribution in [3.8, 4) is 22.5 Å². The maximum atomic E-state index is 2.45. The Balaban J connectivity index is 0.969. The largest absolute Gasteiger partial charge is 0.309 e. The standard InChI is InChI=1S/C60H47BN2S/c1-36-29-38(3)59(39(4)30-36)61(60-40(5)31-37(2)32-41(60)6)44-21-23-45(24-22-44)62-53-16-10-7-13-47(53)50-33-42(19-26-55(50)62)43-20-27-56-51(34-43)48-14-8-11-17-54(48)63(56)46-25-28-58-52(35-46)49-15-9-12-18-57(49)64-58/h7-35H,1-6H3. The summed E-state index contributed by atoms with van der Waals surface area (Å²) in [7, 11) is 0. The molecule has 0 fully saturated rings. The number of fused-ring (bicyclic) bond motifs is 9. The highest BCUT2D eigenvalue weighted by molar-refractivity contribution is 7.25. The molecule has 64 heavy (non-hydrogen) atoms. The molecule has 0 aliphatic rings. The zero-order chi connectivity index (χ0) is 43.4. The maximum absolute atomic E-state index is 2.45. The molecule has 0 atom stereocenters. The molecule has 2 nitrogen and oxygen atoms in total. The lowest BCUT2D eigenvalue weighted by atomic mass is 9.34. The first-order chi connectivity index (χ1) is 31.2. The van der Waals surface area contributed by atoms with E-state index in [-0.39, 0.29) is 6.71 Å². The number of para-hydroxylation sites is 2. The molecule has 0 aliphatic carbocycles. The van der Waals surface area contributed by atoms with E-state index in [1.165, 1.54) is 136 Å². The molecule has 0 spiro atoms. The van der Waals surface area contributed by atoms with Crippen molar-refractivity contribution in [3.05, 3.63) is 209 Å². The van der Waals surface area contributed by atoms with Crippen molar-refractivity contribution in [1.29, 1.82) is 0 Å². The zero-order valence-corrected chi connectivity index (χ0v) is 37.9. The molecule has 12 aromatic rings. The Morgan fingerprint density at radius 1 is 0.344 bits per heavy atom. The minimum Gasteiger partial charge on any atom is -0.309 e. The fraction of sp³-hybridized carbons (Fsp3) is 0.100. The molecule has 0 amide bonds. The summed E-state index contributed by atoms with van der Waals surface area (Å²) < 4.78 is 7.54. The van der Waals surface area contributed by atoms with Crippen LogP contribution >= 0.6 is 11.3 Å². The number of rotatable bonds is 6. The lowest BCUT2D eigenvalue weighted by molar-refractivity contribution is 1.18. The Labute approximate surface area is 378 Å². The minimum atomic E-state index is 0.132. The Morgan fingerprint density at radius 2 is 0.781 bits per heavy atom. The van der Waals surface area contributed by atoms with Crippen molar-refractivity contribution in [2.24, 2.45) is 0 Å². The summed E-state index contributed by atoms with van der Waals surface area (Å²) in [5.41, 5.74) is 21.8. The van der Waals surface area contributed by atoms with E-state index in [4.69, 9.17) is 0 Å². The first-order valence-corrected chi connectivity index (χ1v) is 23.3. The molecule has 3 heterocycles. The number of aryl methyl sites for hydroxylation is 6. The Bertz CT molecular complexity index is 3760. The summed E-state index contributed by atoms with van der Waals surface area (Å²) in [5.74, 6) is 0. The van der Waals surface area contributed by atoms with Gasteiger partial charge in [0.2, 0.25) is 6.71 Å². The fourth-order valence-corrected chi connectivity index (χ4v) is 12.4. The van der Waals surface area contributed by atoms with Crippen LogP contribution in [-0.4, -0.2) is 15.8 Å². The number of benzene rings is 9. The third-order valence-electron chi connectivity index (χ3n) is 13.8. The summed E-state index contributed by atoms with van der Waals surface area (Å²) in [6.07, 6.45) is 0. The van der Waals surface area contributed by atoms with Crippen LogP contribution in [0.15, 0.2) is 176 Å². The average molecular weight is 839 g/mol. The van der Waals surface area contributed by atoms with E-state index < -0.39 is 0 Å². The number of hydrogen-bond donors (Lipinski definition) is 0. The Hall–Kier alpha value is -7.14. The molecule has 12 rings (SSSR count). The lowest BCUT2D eigenvalue weighted by Crippen LogP contribution is -2.55. The van der Waals surface area contributed by atoms with E-state index in [1.54, 1.807) is 0 Å². The van der Waals surface area contributed by atoms with Crippen LogP contribution in [0.1, 0.15) is 33.4 Å². The van der Waals surface area contributed by atoms with Crippen molar-refractivity contribution in [2.75, 3.05) is 0 Å². The molecule has 0 saturated carbocycles. The van der Waals surface area contributed by atoms with Crippen molar-refractivity contribution in [2.45, 2.75) is 41.5 Å². The zero-order valence-electron chi connectivity index (χ0n) is 37.1. The van der Waals surface area contributed by atoms with Crippen LogP contribution < -0.4 is 16.4 Å². The third kappa shape index (κ3) is 6.00. The molecular weight excluding hydrogens is 792 g/mol. The number of aromatic nitrogens is 2. The van der Waals surface area contributed by atoms with Crippen LogP contribution in [0.3, 0.4) is 0 Å². The van der Waals surface area contributed by atoms with Crippen molar-refractivity contribution >= 4 is 98.2 Å². The second kappa shape index (κ2) is 14.7. The van der Waals surface area contributed by atoms with Gasteiger partial charge in [0.1, 0.15) is 0 Å². The van der Waals surface area contributed by atoms with Crippen LogP contribution in [0.5, 0.6) is 0 Å². The molecule has 0 unspecified atom stereocenters. The van der Waals surface area contributed by atoms with Gasteiger partial charge in [-0.05, 0) is 125 Å². The smallest absolute Gasteiger partial charge is 0.242 e. The van der Waals surface area contributed by atoms with Gasteiger partial charge in [0.15, 0.2) is 0 Å². The molecule has 9 aromatic carbocycles. The van der Waals surface area contributed by atoms with E-state index in [1.807, 2.05) is 11.3 Å². The monoisotopic (exact) mass is 838 g/mol. The summed E-state index contributed by atoms with van der Waals surface area (Å²) in [6, 6.07) is 66.3. The molecule has 0 radical (unpaired) electrons. The van der Waals surface area contributed by atoms with E-state index in [0.717, 1.165) is 0 Å². The van der Waals surface area contributed by atoms with Gasteiger partial charge in [-0.3, -0.25) is 0 Å². The lowest BCUT2D eigenvalue weighted by Gasteiger charge is -2.25.